The topological polar surface area (TPSA) is 77.4 Å². The monoisotopic (exact) mass is 259 g/mol. The van der Waals surface area contributed by atoms with Crippen molar-refractivity contribution in [3.8, 4) is 0 Å². The number of carboxylic acid groups (broad SMARTS) is 1. The van der Waals surface area contributed by atoms with E-state index in [0.29, 0.717) is 11.0 Å². The number of nitrogens with zero attached hydrogens (tertiary/aromatic N) is 1. The van der Waals surface area contributed by atoms with Crippen LogP contribution in [0.2, 0.25) is 0 Å². The van der Waals surface area contributed by atoms with Crippen molar-refractivity contribution in [1.29, 1.82) is 0 Å². The van der Waals surface area contributed by atoms with E-state index in [1.807, 2.05) is 21.1 Å². The minimum Gasteiger partial charge on any atom is -0.542 e. The van der Waals surface area contributed by atoms with Crippen LogP contribution >= 0.6 is 0 Å². The van der Waals surface area contributed by atoms with Crippen LogP contribution in [0.4, 0.5) is 13.2 Å². The number of rotatable bonds is 4. The predicted molar refractivity (Wildman–Crippen MR) is 50.6 cm³/mol. The highest BCUT2D eigenvalue weighted by Gasteiger charge is 2.28. The summed E-state index contributed by atoms with van der Waals surface area (Å²) in [6.07, 6.45) is -4.69. The fourth-order valence-corrected chi connectivity index (χ4v) is 0.818. The Morgan fingerprint density at radius 1 is 1.41 bits per heavy atom. The average molecular weight is 259 g/mol. The highest BCUT2D eigenvalue weighted by molar-refractivity contribution is 5.70. The molecule has 0 saturated carbocycles. The summed E-state index contributed by atoms with van der Waals surface area (Å²) in [4.78, 5) is 18.7. The van der Waals surface area contributed by atoms with Crippen molar-refractivity contribution < 1.29 is 37.5 Å². The first-order valence-electron chi connectivity index (χ1n) is 4.60. The third-order valence-electron chi connectivity index (χ3n) is 1.36. The molecule has 5 nitrogen and oxygen atoms in total. The molecule has 0 heterocycles. The summed E-state index contributed by atoms with van der Waals surface area (Å²) in [5, 5.41) is 17.9. The van der Waals surface area contributed by atoms with Gasteiger partial charge in [0.15, 0.2) is 0 Å². The molecule has 1 atom stereocenters. The molecule has 102 valence electrons. The van der Waals surface area contributed by atoms with E-state index < -0.39 is 18.2 Å². The van der Waals surface area contributed by atoms with Crippen LogP contribution in [0.3, 0.4) is 0 Å². The van der Waals surface area contributed by atoms with E-state index in [4.69, 9.17) is 15.0 Å². The lowest BCUT2D eigenvalue weighted by molar-refractivity contribution is -0.873. The minimum atomic E-state index is -5.19. The second-order valence-corrected chi connectivity index (χ2v) is 4.31. The second-order valence-electron chi connectivity index (χ2n) is 4.31. The third kappa shape index (κ3) is 14.8. The number of aldehydes is 1. The van der Waals surface area contributed by atoms with E-state index in [9.17, 15) is 18.0 Å². The van der Waals surface area contributed by atoms with Gasteiger partial charge in [0.05, 0.1) is 21.1 Å². The fraction of sp³-hybridized carbons (Fsp3) is 0.778. The molecule has 0 fully saturated rings. The number of aliphatic hydroxyl groups excluding tert-OH is 1. The lowest BCUT2D eigenvalue weighted by Crippen LogP contribution is -2.41. The first kappa shape index (κ1) is 18.2. The summed E-state index contributed by atoms with van der Waals surface area (Å²) in [6, 6.07) is 0. The molecular weight excluding hydrogens is 243 g/mol. The van der Waals surface area contributed by atoms with Crippen LogP contribution in [0.25, 0.3) is 0 Å². The Balaban J connectivity index is 0. The molecule has 1 unspecified atom stereocenters. The first-order chi connectivity index (χ1) is 7.40. The summed E-state index contributed by atoms with van der Waals surface area (Å²) in [5.41, 5.74) is 0. The van der Waals surface area contributed by atoms with E-state index in [2.05, 4.69) is 0 Å². The number of aliphatic carboxylic acids is 1. The van der Waals surface area contributed by atoms with Crippen LogP contribution in [-0.2, 0) is 9.59 Å². The molecule has 0 aromatic rings. The van der Waals surface area contributed by atoms with Crippen molar-refractivity contribution in [2.24, 2.45) is 0 Å². The van der Waals surface area contributed by atoms with Crippen LogP contribution in [0.1, 0.15) is 6.42 Å². The van der Waals surface area contributed by atoms with E-state index in [1.54, 1.807) is 0 Å². The molecule has 0 aromatic carbocycles. The van der Waals surface area contributed by atoms with Gasteiger partial charge in [-0.25, -0.2) is 0 Å². The number of hydrogen-bond donors (Lipinski definition) is 1. The first-order valence-corrected chi connectivity index (χ1v) is 4.60. The van der Waals surface area contributed by atoms with Crippen LogP contribution in [0.5, 0.6) is 0 Å². The summed E-state index contributed by atoms with van der Waals surface area (Å²) in [6.45, 7) is 0.624. The smallest absolute Gasteiger partial charge is 0.430 e. The van der Waals surface area contributed by atoms with Crippen LogP contribution in [-0.4, -0.2) is 61.8 Å². The van der Waals surface area contributed by atoms with Gasteiger partial charge in [0, 0.05) is 6.42 Å². The van der Waals surface area contributed by atoms with Crippen molar-refractivity contribution >= 4 is 12.3 Å². The van der Waals surface area contributed by atoms with Gasteiger partial charge < -0.3 is 24.3 Å². The van der Waals surface area contributed by atoms with Gasteiger partial charge in [-0.1, -0.05) is 0 Å². The van der Waals surface area contributed by atoms with E-state index in [-0.39, 0.29) is 6.42 Å². The van der Waals surface area contributed by atoms with Crippen molar-refractivity contribution in [3.63, 3.8) is 0 Å². The number of likely N-dealkylation sites (N-methyl/N-ethyl adjacent to an activating group) is 1. The predicted octanol–water partition coefficient (Wildman–Crippen LogP) is -1.06. The van der Waals surface area contributed by atoms with Crippen molar-refractivity contribution in [1.82, 2.24) is 0 Å². The number of carboxylic acids is 1. The van der Waals surface area contributed by atoms with Gasteiger partial charge in [-0.15, -0.1) is 0 Å². The minimum absolute atomic E-state index is 0.246. The molecule has 0 spiro atoms. The Morgan fingerprint density at radius 3 is 1.94 bits per heavy atom. The maximum Gasteiger partial charge on any atom is 0.430 e. The fourth-order valence-electron chi connectivity index (χ4n) is 0.818. The Bertz CT molecular complexity index is 248. The van der Waals surface area contributed by atoms with Gasteiger partial charge in [0.2, 0.25) is 0 Å². The molecule has 8 heteroatoms. The van der Waals surface area contributed by atoms with Gasteiger partial charge in [0.25, 0.3) is 0 Å². The SMILES string of the molecule is C[N+](C)(C)CC(O)CC=O.O=C([O-])C(F)(F)F. The lowest BCUT2D eigenvalue weighted by Gasteiger charge is -2.25. The van der Waals surface area contributed by atoms with Crippen molar-refractivity contribution in [3.05, 3.63) is 0 Å². The van der Waals surface area contributed by atoms with E-state index >= 15 is 0 Å². The average Bonchev–Trinajstić information content (AvgIpc) is 1.99. The number of carbonyl (C=O) groups excluding carboxylic acids is 2. The molecule has 0 aliphatic rings. The molecule has 0 rings (SSSR count). The normalized spacial score (nSPS) is 13.4. The Hall–Kier alpha value is -1.15. The van der Waals surface area contributed by atoms with Gasteiger partial charge >= 0.3 is 6.18 Å². The zero-order valence-corrected chi connectivity index (χ0v) is 9.82. The lowest BCUT2D eigenvalue weighted by atomic mass is 10.2. The van der Waals surface area contributed by atoms with Gasteiger partial charge in [0.1, 0.15) is 24.9 Å². The summed E-state index contributed by atoms with van der Waals surface area (Å²) in [5.74, 6) is -3.01. The number of hydrogen-bond acceptors (Lipinski definition) is 4. The molecule has 17 heavy (non-hydrogen) atoms. The molecule has 1 N–H and O–H groups in total. The number of aliphatic hydroxyl groups is 1. The van der Waals surface area contributed by atoms with Crippen LogP contribution in [0, 0.1) is 0 Å². The van der Waals surface area contributed by atoms with Crippen molar-refractivity contribution in [2.75, 3.05) is 27.7 Å². The van der Waals surface area contributed by atoms with E-state index in [1.165, 1.54) is 0 Å². The maximum absolute atomic E-state index is 10.5. The Morgan fingerprint density at radius 2 is 1.76 bits per heavy atom. The molecular formula is C9H16F3NO4. The van der Waals surface area contributed by atoms with Gasteiger partial charge in [-0.2, -0.15) is 13.2 Å². The van der Waals surface area contributed by atoms with Crippen LogP contribution in [0.15, 0.2) is 0 Å². The highest BCUT2D eigenvalue weighted by Crippen LogP contribution is 2.11. The van der Waals surface area contributed by atoms with E-state index in [0.717, 1.165) is 6.29 Å². The summed E-state index contributed by atoms with van der Waals surface area (Å²) < 4.78 is 32.2. The number of carbonyl (C=O) groups is 2. The molecule has 0 amide bonds. The number of quaternary nitrogens is 1. The number of alkyl halides is 3. The van der Waals surface area contributed by atoms with Gasteiger partial charge in [-0.05, 0) is 0 Å². The number of halogens is 3. The maximum atomic E-state index is 10.5. The molecule has 0 aliphatic carbocycles. The molecule has 0 radical (unpaired) electrons. The quantitative estimate of drug-likeness (QED) is 0.516. The van der Waals surface area contributed by atoms with Crippen LogP contribution < -0.4 is 5.11 Å². The van der Waals surface area contributed by atoms with Gasteiger partial charge in [-0.3, -0.25) is 0 Å². The Kier molecular flexibility index (Phi) is 7.75. The van der Waals surface area contributed by atoms with Crippen molar-refractivity contribution in [2.45, 2.75) is 18.7 Å². The summed E-state index contributed by atoms with van der Waals surface area (Å²) >= 11 is 0. The Labute approximate surface area is 97.0 Å². The molecule has 0 aliphatic heterocycles. The molecule has 0 bridgehead atoms. The standard InChI is InChI=1S/C7H16NO2.C2HF3O2/c1-8(2,3)6-7(10)4-5-9;3-2(4,5)1(6)7/h5,7,10H,4,6H2,1-3H3;(H,6,7)/q+1;/p-1. The molecule has 0 aromatic heterocycles. The largest absolute Gasteiger partial charge is 0.542 e. The third-order valence-corrected chi connectivity index (χ3v) is 1.36. The zero-order valence-electron chi connectivity index (χ0n) is 9.82. The summed E-state index contributed by atoms with van der Waals surface area (Å²) in [7, 11) is 5.94. The highest BCUT2D eigenvalue weighted by atomic mass is 19.4. The molecule has 0 saturated heterocycles. The second kappa shape index (κ2) is 7.23. The zero-order chi connectivity index (χ0) is 14.3.